The summed E-state index contributed by atoms with van der Waals surface area (Å²) in [5, 5.41) is 3.90. The molecule has 7 heteroatoms. The predicted octanol–water partition coefficient (Wildman–Crippen LogP) is 4.20. The summed E-state index contributed by atoms with van der Waals surface area (Å²) in [7, 11) is 3.15. The van der Waals surface area contributed by atoms with Gasteiger partial charge in [0.05, 0.1) is 19.3 Å². The molecule has 2 aromatic carbocycles. The van der Waals surface area contributed by atoms with Gasteiger partial charge in [-0.1, -0.05) is 35.3 Å². The van der Waals surface area contributed by atoms with Crippen molar-refractivity contribution in [2.24, 2.45) is 5.92 Å². The molecule has 2 aromatic rings. The average molecular weight is 407 g/mol. The molecule has 0 saturated heterocycles. The second-order valence-corrected chi connectivity index (χ2v) is 7.46. The van der Waals surface area contributed by atoms with Crippen LogP contribution in [-0.2, 0) is 9.59 Å². The molecule has 0 bridgehead atoms. The first kappa shape index (κ1) is 19.5. The molecule has 5 nitrogen and oxygen atoms in total. The predicted molar refractivity (Wildman–Crippen MR) is 107 cm³/mol. The molecule has 142 valence electrons. The monoisotopic (exact) mass is 406 g/mol. The van der Waals surface area contributed by atoms with Crippen molar-refractivity contribution >= 4 is 40.7 Å². The first-order valence-electron chi connectivity index (χ1n) is 8.53. The van der Waals surface area contributed by atoms with Crippen molar-refractivity contribution in [3.8, 4) is 5.75 Å². The standard InChI is InChI=1S/C20H20Cl2N2O3/c1-24(11-19(25)23-17-9-14(22)7-8-18(17)27-2)20(26)16-10-15(16)12-3-5-13(21)6-4-12/h3-9,15-16H,10-11H2,1-2H3,(H,23,25). The van der Waals surface area contributed by atoms with Crippen LogP contribution in [0.25, 0.3) is 0 Å². The maximum Gasteiger partial charge on any atom is 0.244 e. The fraction of sp³-hybridized carbons (Fsp3) is 0.300. The second-order valence-electron chi connectivity index (χ2n) is 6.59. The number of methoxy groups -OCH3 is 1. The van der Waals surface area contributed by atoms with Crippen molar-refractivity contribution in [1.29, 1.82) is 0 Å². The molecular formula is C20H20Cl2N2O3. The van der Waals surface area contributed by atoms with Crippen molar-refractivity contribution in [2.75, 3.05) is 26.0 Å². The Morgan fingerprint density at radius 3 is 2.48 bits per heavy atom. The minimum absolute atomic E-state index is 0.0387. The van der Waals surface area contributed by atoms with Gasteiger partial charge in [-0.3, -0.25) is 9.59 Å². The van der Waals surface area contributed by atoms with E-state index in [2.05, 4.69) is 5.32 Å². The number of carbonyl (C=O) groups is 2. The number of nitrogens with one attached hydrogen (secondary N) is 1. The van der Waals surface area contributed by atoms with Gasteiger partial charge in [-0.2, -0.15) is 0 Å². The van der Waals surface area contributed by atoms with Crippen LogP contribution in [0.2, 0.25) is 10.0 Å². The lowest BCUT2D eigenvalue weighted by atomic mass is 10.1. The van der Waals surface area contributed by atoms with Crippen molar-refractivity contribution in [3.63, 3.8) is 0 Å². The molecule has 1 aliphatic carbocycles. The van der Waals surface area contributed by atoms with Gasteiger partial charge in [0.15, 0.2) is 0 Å². The molecule has 0 radical (unpaired) electrons. The van der Waals surface area contributed by atoms with E-state index >= 15 is 0 Å². The summed E-state index contributed by atoms with van der Waals surface area (Å²) in [5.41, 5.74) is 1.57. The first-order valence-corrected chi connectivity index (χ1v) is 9.28. The van der Waals surface area contributed by atoms with Gasteiger partial charge in [0.1, 0.15) is 5.75 Å². The van der Waals surface area contributed by atoms with Gasteiger partial charge >= 0.3 is 0 Å². The zero-order valence-electron chi connectivity index (χ0n) is 15.0. The molecule has 2 amide bonds. The van der Waals surface area contributed by atoms with Crippen LogP contribution in [0.5, 0.6) is 5.75 Å². The molecule has 1 saturated carbocycles. The molecule has 0 aromatic heterocycles. The Labute approximate surface area is 168 Å². The topological polar surface area (TPSA) is 58.6 Å². The average Bonchev–Trinajstić information content (AvgIpc) is 3.42. The SMILES string of the molecule is COc1ccc(Cl)cc1NC(=O)CN(C)C(=O)C1CC1c1ccc(Cl)cc1. The molecular weight excluding hydrogens is 387 g/mol. The maximum absolute atomic E-state index is 12.6. The van der Waals surface area contributed by atoms with Crippen LogP contribution >= 0.6 is 23.2 Å². The van der Waals surface area contributed by atoms with E-state index in [0.29, 0.717) is 21.5 Å². The zero-order chi connectivity index (χ0) is 19.6. The number of anilines is 1. The van der Waals surface area contributed by atoms with E-state index in [1.165, 1.54) is 12.0 Å². The molecule has 0 aliphatic heterocycles. The summed E-state index contributed by atoms with van der Waals surface area (Å²) < 4.78 is 5.21. The summed E-state index contributed by atoms with van der Waals surface area (Å²) in [4.78, 5) is 26.4. The van der Waals surface area contributed by atoms with E-state index in [0.717, 1.165) is 12.0 Å². The number of halogens is 2. The number of benzene rings is 2. The third-order valence-electron chi connectivity index (χ3n) is 4.60. The molecule has 1 fully saturated rings. The van der Waals surface area contributed by atoms with E-state index in [4.69, 9.17) is 27.9 Å². The van der Waals surface area contributed by atoms with Crippen molar-refractivity contribution < 1.29 is 14.3 Å². The van der Waals surface area contributed by atoms with Gasteiger partial charge in [0.2, 0.25) is 11.8 Å². The Hall–Kier alpha value is -2.24. The van der Waals surface area contributed by atoms with Crippen LogP contribution in [-0.4, -0.2) is 37.4 Å². The Kier molecular flexibility index (Phi) is 5.92. The summed E-state index contributed by atoms with van der Waals surface area (Å²) in [5.74, 6) is 0.253. The number of ether oxygens (including phenoxy) is 1. The summed E-state index contributed by atoms with van der Waals surface area (Å²) >= 11 is 11.9. The van der Waals surface area contributed by atoms with Gasteiger partial charge in [0, 0.05) is 23.0 Å². The Balaban J connectivity index is 1.56. The quantitative estimate of drug-likeness (QED) is 0.781. The summed E-state index contributed by atoms with van der Waals surface area (Å²) in [6.45, 7) is -0.0433. The molecule has 27 heavy (non-hydrogen) atoms. The molecule has 3 rings (SSSR count). The van der Waals surface area contributed by atoms with Crippen LogP contribution < -0.4 is 10.1 Å². The van der Waals surface area contributed by atoms with Crippen LogP contribution in [0.3, 0.4) is 0 Å². The van der Waals surface area contributed by atoms with Gasteiger partial charge in [-0.05, 0) is 48.2 Å². The number of hydrogen-bond acceptors (Lipinski definition) is 3. The molecule has 0 heterocycles. The lowest BCUT2D eigenvalue weighted by Crippen LogP contribution is -2.36. The molecule has 1 N–H and O–H groups in total. The minimum atomic E-state index is -0.310. The Bertz CT molecular complexity index is 855. The van der Waals surface area contributed by atoms with E-state index in [1.807, 2.05) is 24.3 Å². The lowest BCUT2D eigenvalue weighted by molar-refractivity contribution is -0.134. The molecule has 2 unspecified atom stereocenters. The fourth-order valence-corrected chi connectivity index (χ4v) is 3.39. The van der Waals surface area contributed by atoms with Crippen LogP contribution in [0.4, 0.5) is 5.69 Å². The van der Waals surface area contributed by atoms with Crippen molar-refractivity contribution in [1.82, 2.24) is 4.90 Å². The highest BCUT2D eigenvalue weighted by Gasteiger charge is 2.45. The van der Waals surface area contributed by atoms with Gasteiger partial charge < -0.3 is 15.0 Å². The van der Waals surface area contributed by atoms with Gasteiger partial charge in [-0.15, -0.1) is 0 Å². The van der Waals surface area contributed by atoms with Crippen LogP contribution in [0.15, 0.2) is 42.5 Å². The second kappa shape index (κ2) is 8.19. The van der Waals surface area contributed by atoms with Gasteiger partial charge in [0.25, 0.3) is 0 Å². The normalized spacial score (nSPS) is 17.9. The Morgan fingerprint density at radius 1 is 1.15 bits per heavy atom. The summed E-state index contributed by atoms with van der Waals surface area (Å²) in [6, 6.07) is 12.5. The van der Waals surface area contributed by atoms with E-state index in [-0.39, 0.29) is 30.2 Å². The third-order valence-corrected chi connectivity index (χ3v) is 5.09. The molecule has 0 spiro atoms. The smallest absolute Gasteiger partial charge is 0.244 e. The van der Waals surface area contributed by atoms with Crippen LogP contribution in [0.1, 0.15) is 17.9 Å². The summed E-state index contributed by atoms with van der Waals surface area (Å²) in [6.07, 6.45) is 0.786. The van der Waals surface area contributed by atoms with E-state index in [9.17, 15) is 9.59 Å². The van der Waals surface area contributed by atoms with E-state index < -0.39 is 0 Å². The highest BCUT2D eigenvalue weighted by Crippen LogP contribution is 2.48. The number of nitrogens with zero attached hydrogens (tertiary/aromatic N) is 1. The number of rotatable bonds is 6. The lowest BCUT2D eigenvalue weighted by Gasteiger charge is -2.18. The van der Waals surface area contributed by atoms with Gasteiger partial charge in [-0.25, -0.2) is 0 Å². The highest BCUT2D eigenvalue weighted by atomic mass is 35.5. The largest absolute Gasteiger partial charge is 0.495 e. The maximum atomic E-state index is 12.6. The molecule has 1 aliphatic rings. The highest BCUT2D eigenvalue weighted by molar-refractivity contribution is 6.31. The zero-order valence-corrected chi connectivity index (χ0v) is 16.6. The third kappa shape index (κ3) is 4.73. The van der Waals surface area contributed by atoms with Crippen LogP contribution in [0, 0.1) is 5.92 Å². The first-order chi connectivity index (χ1) is 12.9. The number of amides is 2. The van der Waals surface area contributed by atoms with Crippen molar-refractivity contribution in [2.45, 2.75) is 12.3 Å². The number of likely N-dealkylation sites (N-methyl/N-ethyl adjacent to an activating group) is 1. The minimum Gasteiger partial charge on any atom is -0.495 e. The van der Waals surface area contributed by atoms with E-state index in [1.54, 1.807) is 25.2 Å². The Morgan fingerprint density at radius 2 is 1.81 bits per heavy atom. The molecule has 2 atom stereocenters. The van der Waals surface area contributed by atoms with Crippen molar-refractivity contribution in [3.05, 3.63) is 58.1 Å². The number of hydrogen-bond donors (Lipinski definition) is 1. The number of carbonyl (C=O) groups excluding carboxylic acids is 2. The fourth-order valence-electron chi connectivity index (χ4n) is 3.09.